The highest BCUT2D eigenvalue weighted by atomic mass is 32.2. The standard InChI is InChI=1S/C13H13N3O4S/c1-10(17)16-9-14-7-12(13(16)18)15-21(19,20)8-11-5-3-2-4-6-11/h2-7,9,15H,8H2,1H3. The van der Waals surface area contributed by atoms with Crippen LogP contribution in [0.5, 0.6) is 0 Å². The van der Waals surface area contributed by atoms with E-state index in [1.165, 1.54) is 6.92 Å². The highest BCUT2D eigenvalue weighted by molar-refractivity contribution is 7.91. The van der Waals surface area contributed by atoms with E-state index in [1.807, 2.05) is 0 Å². The van der Waals surface area contributed by atoms with Gasteiger partial charge < -0.3 is 0 Å². The van der Waals surface area contributed by atoms with Gasteiger partial charge in [0.15, 0.2) is 0 Å². The van der Waals surface area contributed by atoms with E-state index in [0.717, 1.165) is 17.1 Å². The van der Waals surface area contributed by atoms with Gasteiger partial charge in [0.25, 0.3) is 5.56 Å². The summed E-state index contributed by atoms with van der Waals surface area (Å²) in [5.74, 6) is -0.820. The quantitative estimate of drug-likeness (QED) is 0.902. The molecule has 2 aromatic rings. The SMILES string of the molecule is CC(=O)n1cncc(NS(=O)(=O)Cc2ccccc2)c1=O. The molecule has 2 rings (SSSR count). The molecule has 1 N–H and O–H groups in total. The van der Waals surface area contributed by atoms with Gasteiger partial charge in [0.2, 0.25) is 15.9 Å². The number of hydrogen-bond acceptors (Lipinski definition) is 5. The lowest BCUT2D eigenvalue weighted by atomic mass is 10.2. The maximum absolute atomic E-state index is 12.0. The summed E-state index contributed by atoms with van der Waals surface area (Å²) >= 11 is 0. The zero-order chi connectivity index (χ0) is 15.5. The van der Waals surface area contributed by atoms with Crippen LogP contribution < -0.4 is 10.3 Å². The van der Waals surface area contributed by atoms with Crippen molar-refractivity contribution in [2.24, 2.45) is 0 Å². The van der Waals surface area contributed by atoms with Crippen molar-refractivity contribution in [3.63, 3.8) is 0 Å². The Morgan fingerprint density at radius 2 is 1.95 bits per heavy atom. The smallest absolute Gasteiger partial charge is 0.277 e. The number of hydrogen-bond donors (Lipinski definition) is 1. The second kappa shape index (κ2) is 5.88. The molecule has 1 aromatic heterocycles. The fourth-order valence-corrected chi connectivity index (χ4v) is 2.88. The zero-order valence-electron chi connectivity index (χ0n) is 11.2. The Morgan fingerprint density at radius 1 is 1.29 bits per heavy atom. The second-order valence-electron chi connectivity index (χ2n) is 4.35. The third-order valence-electron chi connectivity index (χ3n) is 2.64. The Balaban J connectivity index is 2.27. The molecule has 0 spiro atoms. The van der Waals surface area contributed by atoms with Gasteiger partial charge in [-0.15, -0.1) is 0 Å². The predicted molar refractivity (Wildman–Crippen MR) is 77.5 cm³/mol. The monoisotopic (exact) mass is 307 g/mol. The topological polar surface area (TPSA) is 98.1 Å². The third kappa shape index (κ3) is 3.76. The Morgan fingerprint density at radius 3 is 2.57 bits per heavy atom. The second-order valence-corrected chi connectivity index (χ2v) is 6.07. The number of carbonyl (C=O) groups excluding carboxylic acids is 1. The number of nitrogens with one attached hydrogen (secondary N) is 1. The zero-order valence-corrected chi connectivity index (χ0v) is 12.0. The van der Waals surface area contributed by atoms with Crippen molar-refractivity contribution < 1.29 is 13.2 Å². The van der Waals surface area contributed by atoms with E-state index in [1.54, 1.807) is 30.3 Å². The molecule has 0 unspecified atom stereocenters. The summed E-state index contributed by atoms with van der Waals surface area (Å²) in [6.45, 7) is 1.19. The molecular weight excluding hydrogens is 294 g/mol. The summed E-state index contributed by atoms with van der Waals surface area (Å²) in [7, 11) is -3.77. The highest BCUT2D eigenvalue weighted by Crippen LogP contribution is 2.08. The van der Waals surface area contributed by atoms with Gasteiger partial charge >= 0.3 is 0 Å². The van der Waals surface area contributed by atoms with Crippen LogP contribution in [0.15, 0.2) is 47.7 Å². The first-order chi connectivity index (χ1) is 9.89. The van der Waals surface area contributed by atoms with Crippen molar-refractivity contribution in [1.82, 2.24) is 9.55 Å². The van der Waals surface area contributed by atoms with Crippen molar-refractivity contribution in [2.75, 3.05) is 4.72 Å². The van der Waals surface area contributed by atoms with E-state index in [9.17, 15) is 18.0 Å². The predicted octanol–water partition coefficient (Wildman–Crippen LogP) is 0.845. The minimum atomic E-state index is -3.77. The molecular formula is C13H13N3O4S. The van der Waals surface area contributed by atoms with Crippen molar-refractivity contribution in [3.05, 3.63) is 58.8 Å². The average molecular weight is 307 g/mol. The number of aromatic nitrogens is 2. The molecule has 0 aliphatic rings. The molecule has 0 amide bonds. The number of nitrogens with zero attached hydrogens (tertiary/aromatic N) is 2. The summed E-state index contributed by atoms with van der Waals surface area (Å²) in [5.41, 5.74) is -0.432. The van der Waals surface area contributed by atoms with Crippen LogP contribution >= 0.6 is 0 Å². The molecule has 1 aromatic carbocycles. The lowest BCUT2D eigenvalue weighted by molar-refractivity contribution is 0.0931. The fourth-order valence-electron chi connectivity index (χ4n) is 1.70. The molecule has 0 atom stereocenters. The average Bonchev–Trinajstić information content (AvgIpc) is 2.41. The van der Waals surface area contributed by atoms with Gasteiger partial charge in [0, 0.05) is 6.92 Å². The number of benzene rings is 1. The molecule has 7 nitrogen and oxygen atoms in total. The van der Waals surface area contributed by atoms with Crippen molar-refractivity contribution in [1.29, 1.82) is 0 Å². The summed E-state index contributed by atoms with van der Waals surface area (Å²) in [6, 6.07) is 8.54. The van der Waals surface area contributed by atoms with Gasteiger partial charge in [0.1, 0.15) is 12.0 Å². The molecule has 0 aliphatic heterocycles. The minimum absolute atomic E-state index is 0.261. The van der Waals surface area contributed by atoms with Crippen LogP contribution in [0.1, 0.15) is 17.3 Å². The first kappa shape index (κ1) is 14.9. The highest BCUT2D eigenvalue weighted by Gasteiger charge is 2.15. The van der Waals surface area contributed by atoms with Crippen LogP contribution in [-0.2, 0) is 15.8 Å². The molecule has 0 saturated heterocycles. The molecule has 0 radical (unpaired) electrons. The lowest BCUT2D eigenvalue weighted by Crippen LogP contribution is -2.29. The van der Waals surface area contributed by atoms with Crippen LogP contribution in [0, 0.1) is 0 Å². The van der Waals surface area contributed by atoms with Crippen molar-refractivity contribution in [3.8, 4) is 0 Å². The summed E-state index contributed by atoms with van der Waals surface area (Å²) in [5, 5.41) is 0. The van der Waals surface area contributed by atoms with Crippen LogP contribution in [0.2, 0.25) is 0 Å². The van der Waals surface area contributed by atoms with E-state index in [0.29, 0.717) is 5.56 Å². The van der Waals surface area contributed by atoms with Gasteiger partial charge in [0.05, 0.1) is 11.9 Å². The number of carbonyl (C=O) groups is 1. The molecule has 8 heteroatoms. The largest absolute Gasteiger partial charge is 0.284 e. The van der Waals surface area contributed by atoms with Gasteiger partial charge in [-0.3, -0.25) is 14.3 Å². The van der Waals surface area contributed by atoms with Crippen LogP contribution in [0.3, 0.4) is 0 Å². The third-order valence-corrected chi connectivity index (χ3v) is 3.88. The van der Waals surface area contributed by atoms with E-state index >= 15 is 0 Å². The summed E-state index contributed by atoms with van der Waals surface area (Å²) < 4.78 is 27.0. The van der Waals surface area contributed by atoms with Gasteiger partial charge in [-0.25, -0.2) is 18.0 Å². The van der Waals surface area contributed by atoms with Gasteiger partial charge in [-0.1, -0.05) is 30.3 Å². The molecule has 0 bridgehead atoms. The van der Waals surface area contributed by atoms with Crippen LogP contribution in [0.4, 0.5) is 5.69 Å². The lowest BCUT2D eigenvalue weighted by Gasteiger charge is -2.08. The minimum Gasteiger partial charge on any atom is -0.277 e. The van der Waals surface area contributed by atoms with E-state index in [2.05, 4.69) is 9.71 Å². The molecule has 0 saturated carbocycles. The molecule has 110 valence electrons. The Kier molecular flexibility index (Phi) is 4.18. The molecule has 0 aliphatic carbocycles. The Hall–Kier alpha value is -2.48. The number of rotatable bonds is 4. The maximum Gasteiger partial charge on any atom is 0.284 e. The molecule has 21 heavy (non-hydrogen) atoms. The van der Waals surface area contributed by atoms with Crippen LogP contribution in [-0.4, -0.2) is 23.9 Å². The normalized spacial score (nSPS) is 11.1. The first-order valence-corrected chi connectivity index (χ1v) is 7.66. The van der Waals surface area contributed by atoms with E-state index in [-0.39, 0.29) is 11.4 Å². The number of anilines is 1. The van der Waals surface area contributed by atoms with Gasteiger partial charge in [-0.2, -0.15) is 0 Å². The molecule has 0 fully saturated rings. The number of sulfonamides is 1. The molecule has 1 heterocycles. The van der Waals surface area contributed by atoms with Crippen molar-refractivity contribution in [2.45, 2.75) is 12.7 Å². The van der Waals surface area contributed by atoms with Crippen LogP contribution in [0.25, 0.3) is 0 Å². The first-order valence-electron chi connectivity index (χ1n) is 6.01. The Bertz CT molecular complexity index is 813. The summed E-state index contributed by atoms with van der Waals surface area (Å²) in [6.07, 6.45) is 2.12. The van der Waals surface area contributed by atoms with E-state index < -0.39 is 21.5 Å². The fraction of sp³-hybridized carbons (Fsp3) is 0.154. The maximum atomic E-state index is 12.0. The van der Waals surface area contributed by atoms with Crippen molar-refractivity contribution >= 4 is 21.6 Å². The summed E-state index contributed by atoms with van der Waals surface area (Å²) in [4.78, 5) is 26.8. The van der Waals surface area contributed by atoms with E-state index in [4.69, 9.17) is 0 Å². The Labute approximate surface area is 121 Å². The van der Waals surface area contributed by atoms with Gasteiger partial charge in [-0.05, 0) is 5.56 Å².